The summed E-state index contributed by atoms with van der Waals surface area (Å²) in [5.74, 6) is -0.434. The molecule has 1 aliphatic carbocycles. The monoisotopic (exact) mass is 454 g/mol. The second-order valence-electron chi connectivity index (χ2n) is 9.36. The minimum atomic E-state index is -3.59. The molecule has 1 aliphatic heterocycles. The molecule has 3 amide bonds. The number of rotatable bonds is 12. The largest absolute Gasteiger partial charge is 0.490 e. The standard InChI is InChI=1S/C22H31FN2O5S/c1-22(2,10-4-3-5-11-25-13-20(26)24-21(25)27)15-31(28,29)17-8-9-18(23)19(12-17)30-14-16-6-7-16/h8-9,12,16H,3-7,10-11,13-15H2,1-2H3,(H,24,26,27). The SMILES string of the molecule is CC(C)(CCCCCN1CC(=O)NC1=O)CS(=O)(=O)c1ccc(F)c(OCC2CC2)c1. The fourth-order valence-electron chi connectivity index (χ4n) is 3.70. The number of hydrogen-bond acceptors (Lipinski definition) is 5. The van der Waals surface area contributed by atoms with Crippen LogP contribution in [0.2, 0.25) is 0 Å². The second kappa shape index (κ2) is 9.54. The number of unbranched alkanes of at least 4 members (excludes halogenated alkanes) is 2. The molecule has 1 saturated heterocycles. The number of halogens is 1. The third kappa shape index (κ3) is 6.92. The molecule has 3 rings (SSSR count). The molecule has 1 N–H and O–H groups in total. The van der Waals surface area contributed by atoms with E-state index >= 15 is 0 Å². The first-order chi connectivity index (χ1) is 14.6. The summed E-state index contributed by atoms with van der Waals surface area (Å²) in [7, 11) is -3.59. The molecule has 1 saturated carbocycles. The highest BCUT2D eigenvalue weighted by Crippen LogP contribution is 2.33. The lowest BCUT2D eigenvalue weighted by molar-refractivity contribution is -0.118. The Morgan fingerprint density at radius 2 is 1.94 bits per heavy atom. The van der Waals surface area contributed by atoms with E-state index in [4.69, 9.17) is 4.74 Å². The van der Waals surface area contributed by atoms with Gasteiger partial charge in [-0.3, -0.25) is 10.1 Å². The molecule has 2 fully saturated rings. The highest BCUT2D eigenvalue weighted by molar-refractivity contribution is 7.91. The minimum absolute atomic E-state index is 0.00443. The first-order valence-corrected chi connectivity index (χ1v) is 12.4. The van der Waals surface area contributed by atoms with Gasteiger partial charge in [0.1, 0.15) is 6.54 Å². The van der Waals surface area contributed by atoms with Gasteiger partial charge in [-0.05, 0) is 49.1 Å². The van der Waals surface area contributed by atoms with E-state index in [0.29, 0.717) is 25.5 Å². The van der Waals surface area contributed by atoms with Crippen LogP contribution in [-0.2, 0) is 14.6 Å². The zero-order valence-corrected chi connectivity index (χ0v) is 19.0. The third-order valence-corrected chi connectivity index (χ3v) is 7.80. The van der Waals surface area contributed by atoms with E-state index in [0.717, 1.165) is 38.2 Å². The van der Waals surface area contributed by atoms with E-state index in [1.54, 1.807) is 0 Å². The first kappa shape index (κ1) is 23.5. The number of nitrogens with one attached hydrogen (secondary N) is 1. The average Bonchev–Trinajstić information content (AvgIpc) is 3.43. The fourth-order valence-corrected chi connectivity index (χ4v) is 5.60. The van der Waals surface area contributed by atoms with Crippen LogP contribution in [0.4, 0.5) is 9.18 Å². The van der Waals surface area contributed by atoms with Gasteiger partial charge in [0.2, 0.25) is 5.91 Å². The van der Waals surface area contributed by atoms with Gasteiger partial charge >= 0.3 is 6.03 Å². The lowest BCUT2D eigenvalue weighted by Gasteiger charge is -2.24. The molecule has 31 heavy (non-hydrogen) atoms. The molecule has 0 atom stereocenters. The van der Waals surface area contributed by atoms with Crippen molar-refractivity contribution in [1.29, 1.82) is 0 Å². The van der Waals surface area contributed by atoms with E-state index in [1.165, 1.54) is 17.0 Å². The topological polar surface area (TPSA) is 92.8 Å². The summed E-state index contributed by atoms with van der Waals surface area (Å²) in [5.41, 5.74) is -0.455. The van der Waals surface area contributed by atoms with E-state index in [1.807, 2.05) is 13.8 Å². The average molecular weight is 455 g/mol. The summed E-state index contributed by atoms with van der Waals surface area (Å²) < 4.78 is 45.3. The summed E-state index contributed by atoms with van der Waals surface area (Å²) >= 11 is 0. The molecule has 0 unspecified atom stereocenters. The Morgan fingerprint density at radius 3 is 2.58 bits per heavy atom. The van der Waals surface area contributed by atoms with E-state index < -0.39 is 21.1 Å². The van der Waals surface area contributed by atoms with Crippen molar-refractivity contribution in [1.82, 2.24) is 10.2 Å². The molecule has 9 heteroatoms. The predicted molar refractivity (Wildman–Crippen MR) is 114 cm³/mol. The van der Waals surface area contributed by atoms with Gasteiger partial charge in [0.05, 0.1) is 17.3 Å². The van der Waals surface area contributed by atoms with Crippen LogP contribution in [0.1, 0.15) is 52.4 Å². The summed E-state index contributed by atoms with van der Waals surface area (Å²) in [5, 5.41) is 2.25. The lowest BCUT2D eigenvalue weighted by Crippen LogP contribution is -2.29. The van der Waals surface area contributed by atoms with Gasteiger partial charge in [-0.2, -0.15) is 0 Å². The number of imide groups is 1. The normalized spacial score (nSPS) is 17.2. The number of carbonyl (C=O) groups is 2. The smallest absolute Gasteiger partial charge is 0.324 e. The number of carbonyl (C=O) groups excluding carboxylic acids is 2. The van der Waals surface area contributed by atoms with Gasteiger partial charge in [-0.25, -0.2) is 17.6 Å². The molecular weight excluding hydrogens is 423 g/mol. The van der Waals surface area contributed by atoms with E-state index in [2.05, 4.69) is 5.32 Å². The molecule has 0 bridgehead atoms. The zero-order chi connectivity index (χ0) is 22.6. The number of urea groups is 1. The summed E-state index contributed by atoms with van der Waals surface area (Å²) in [4.78, 5) is 24.3. The quantitative estimate of drug-likeness (QED) is 0.296. The van der Waals surface area contributed by atoms with Crippen LogP contribution < -0.4 is 10.1 Å². The Hall–Kier alpha value is -2.16. The van der Waals surface area contributed by atoms with Gasteiger partial charge in [-0.1, -0.05) is 26.7 Å². The summed E-state index contributed by atoms with van der Waals surface area (Å²) in [6.07, 6.45) is 5.23. The molecule has 0 aromatic heterocycles. The Balaban J connectivity index is 1.48. The molecule has 0 radical (unpaired) electrons. The second-order valence-corrected chi connectivity index (χ2v) is 11.3. The van der Waals surface area contributed by atoms with Gasteiger partial charge in [0, 0.05) is 12.6 Å². The van der Waals surface area contributed by atoms with Gasteiger partial charge in [-0.15, -0.1) is 0 Å². The Morgan fingerprint density at radius 1 is 1.19 bits per heavy atom. The van der Waals surface area contributed by atoms with Crippen LogP contribution >= 0.6 is 0 Å². The van der Waals surface area contributed by atoms with Crippen molar-refractivity contribution in [3.63, 3.8) is 0 Å². The zero-order valence-electron chi connectivity index (χ0n) is 18.2. The first-order valence-electron chi connectivity index (χ1n) is 10.8. The molecule has 172 valence electrons. The number of ether oxygens (including phenoxy) is 1. The molecule has 1 heterocycles. The van der Waals surface area contributed by atoms with E-state index in [9.17, 15) is 22.4 Å². The van der Waals surface area contributed by atoms with Crippen molar-refractivity contribution >= 4 is 21.8 Å². The molecule has 0 spiro atoms. The Labute approximate surface area is 183 Å². The number of sulfone groups is 1. The molecule has 1 aromatic rings. The Kier molecular flexibility index (Phi) is 7.24. The number of nitrogens with zero attached hydrogens (tertiary/aromatic N) is 1. The highest BCUT2D eigenvalue weighted by atomic mass is 32.2. The summed E-state index contributed by atoms with van der Waals surface area (Å²) in [6, 6.07) is 3.40. The van der Waals surface area contributed by atoms with Crippen LogP contribution in [0.15, 0.2) is 23.1 Å². The van der Waals surface area contributed by atoms with Crippen LogP contribution in [-0.4, -0.2) is 50.7 Å². The maximum Gasteiger partial charge on any atom is 0.324 e. The molecule has 1 aromatic carbocycles. The third-order valence-electron chi connectivity index (χ3n) is 5.66. The van der Waals surface area contributed by atoms with Gasteiger partial charge in [0.25, 0.3) is 0 Å². The fraction of sp³-hybridized carbons (Fsp3) is 0.636. The minimum Gasteiger partial charge on any atom is -0.490 e. The molecule has 2 aliphatic rings. The van der Waals surface area contributed by atoms with E-state index in [-0.39, 0.29) is 34.9 Å². The van der Waals surface area contributed by atoms with Crippen molar-refractivity contribution in [2.75, 3.05) is 25.4 Å². The van der Waals surface area contributed by atoms with Crippen LogP contribution in [0, 0.1) is 17.2 Å². The van der Waals surface area contributed by atoms with Crippen molar-refractivity contribution in [2.24, 2.45) is 11.3 Å². The van der Waals surface area contributed by atoms with Crippen LogP contribution in [0.5, 0.6) is 5.75 Å². The number of benzene rings is 1. The van der Waals surface area contributed by atoms with Crippen molar-refractivity contribution in [3.8, 4) is 5.75 Å². The van der Waals surface area contributed by atoms with Crippen molar-refractivity contribution < 1.29 is 27.1 Å². The predicted octanol–water partition coefficient (Wildman–Crippen LogP) is 3.53. The summed E-state index contributed by atoms with van der Waals surface area (Å²) in [6.45, 7) is 4.84. The highest BCUT2D eigenvalue weighted by Gasteiger charge is 2.29. The lowest BCUT2D eigenvalue weighted by atomic mass is 9.89. The maximum absolute atomic E-state index is 14.0. The maximum atomic E-state index is 14.0. The van der Waals surface area contributed by atoms with Gasteiger partial charge in [0.15, 0.2) is 21.4 Å². The van der Waals surface area contributed by atoms with Gasteiger partial charge < -0.3 is 9.64 Å². The van der Waals surface area contributed by atoms with Crippen molar-refractivity contribution in [2.45, 2.75) is 57.3 Å². The van der Waals surface area contributed by atoms with Crippen LogP contribution in [0.3, 0.4) is 0 Å². The van der Waals surface area contributed by atoms with Crippen LogP contribution in [0.25, 0.3) is 0 Å². The Bertz CT molecular complexity index is 928. The number of amides is 3. The number of hydrogen-bond donors (Lipinski definition) is 1. The molecular formula is C22H31FN2O5S. The molecule has 7 nitrogen and oxygen atoms in total. The van der Waals surface area contributed by atoms with Crippen molar-refractivity contribution in [3.05, 3.63) is 24.0 Å².